The van der Waals surface area contributed by atoms with Crippen molar-refractivity contribution in [3.8, 4) is 11.1 Å². The minimum Gasteiger partial charge on any atom is -0.358 e. The number of anilines is 1. The molecule has 2 aromatic heterocycles. The fourth-order valence-corrected chi connectivity index (χ4v) is 5.20. The summed E-state index contributed by atoms with van der Waals surface area (Å²) < 4.78 is 14.1. The van der Waals surface area contributed by atoms with Gasteiger partial charge in [-0.05, 0) is 29.8 Å². The summed E-state index contributed by atoms with van der Waals surface area (Å²) >= 11 is 7.47. The van der Waals surface area contributed by atoms with Gasteiger partial charge in [-0.15, -0.1) is 11.3 Å². The van der Waals surface area contributed by atoms with Crippen LogP contribution in [0.2, 0.25) is 5.02 Å². The molecule has 31 heavy (non-hydrogen) atoms. The summed E-state index contributed by atoms with van der Waals surface area (Å²) in [6.45, 7) is 3.89. The number of rotatable bonds is 4. The fourth-order valence-electron chi connectivity index (χ4n) is 4.10. The SMILES string of the molecule is O=c1[nH]c(C[NH+]2CCN(c3ccccc3F)CC2)nc2scc(-c3ccc(Cl)cc3)c12. The van der Waals surface area contributed by atoms with E-state index in [-0.39, 0.29) is 11.4 Å². The van der Waals surface area contributed by atoms with E-state index in [1.54, 1.807) is 6.07 Å². The lowest BCUT2D eigenvalue weighted by Crippen LogP contribution is -3.13. The van der Waals surface area contributed by atoms with Crippen LogP contribution in [0.5, 0.6) is 0 Å². The Bertz CT molecular complexity index is 1280. The zero-order chi connectivity index (χ0) is 21.4. The molecule has 0 radical (unpaired) electrons. The molecule has 1 aliphatic heterocycles. The number of nitrogens with zero attached hydrogens (tertiary/aromatic N) is 2. The van der Waals surface area contributed by atoms with Gasteiger partial charge in [0.1, 0.15) is 17.2 Å². The van der Waals surface area contributed by atoms with Gasteiger partial charge in [0.05, 0.1) is 37.3 Å². The molecule has 0 atom stereocenters. The summed E-state index contributed by atoms with van der Waals surface area (Å²) in [6, 6.07) is 14.4. The van der Waals surface area contributed by atoms with E-state index >= 15 is 0 Å². The lowest BCUT2D eigenvalue weighted by atomic mass is 10.1. The van der Waals surface area contributed by atoms with Crippen LogP contribution in [0, 0.1) is 5.82 Å². The standard InChI is InChI=1S/C23H20ClFN4OS/c24-16-7-5-15(6-8-16)17-14-31-23-21(17)22(30)26-20(27-23)13-28-9-11-29(12-10-28)19-4-2-1-3-18(19)25/h1-8,14H,9-13H2,(H,26,27,30)/p+1. The first kappa shape index (κ1) is 20.2. The van der Waals surface area contributed by atoms with Crippen LogP contribution in [-0.2, 0) is 6.54 Å². The smallest absolute Gasteiger partial charge is 0.260 e. The second-order valence-corrected chi connectivity index (χ2v) is 9.01. The summed E-state index contributed by atoms with van der Waals surface area (Å²) in [5, 5.41) is 3.26. The molecule has 158 valence electrons. The zero-order valence-corrected chi connectivity index (χ0v) is 18.3. The first-order chi connectivity index (χ1) is 15.1. The number of quaternary nitrogens is 1. The summed E-state index contributed by atoms with van der Waals surface area (Å²) in [5.74, 6) is 0.507. The van der Waals surface area contributed by atoms with Gasteiger partial charge >= 0.3 is 0 Å². The van der Waals surface area contributed by atoms with Crippen molar-refractivity contribution in [2.24, 2.45) is 0 Å². The van der Waals surface area contributed by atoms with Crippen LogP contribution < -0.4 is 15.4 Å². The number of halogens is 2. The number of nitrogens with one attached hydrogen (secondary N) is 2. The number of piperazine rings is 1. The Kier molecular flexibility index (Phi) is 5.48. The summed E-state index contributed by atoms with van der Waals surface area (Å²) in [6.07, 6.45) is 0. The van der Waals surface area contributed by atoms with E-state index in [9.17, 15) is 9.18 Å². The molecule has 4 aromatic rings. The van der Waals surface area contributed by atoms with Crippen molar-refractivity contribution in [3.05, 3.63) is 80.9 Å². The van der Waals surface area contributed by atoms with Gasteiger partial charge in [-0.25, -0.2) is 9.37 Å². The van der Waals surface area contributed by atoms with E-state index < -0.39 is 0 Å². The minimum absolute atomic E-state index is 0.115. The Hall–Kier alpha value is -2.74. The lowest BCUT2D eigenvalue weighted by molar-refractivity contribution is -0.915. The summed E-state index contributed by atoms with van der Waals surface area (Å²) in [7, 11) is 0. The van der Waals surface area contributed by atoms with Crippen molar-refractivity contribution in [1.82, 2.24) is 9.97 Å². The predicted octanol–water partition coefficient (Wildman–Crippen LogP) is 3.35. The molecule has 8 heteroatoms. The van der Waals surface area contributed by atoms with Crippen LogP contribution in [-0.4, -0.2) is 36.1 Å². The largest absolute Gasteiger partial charge is 0.358 e. The Balaban J connectivity index is 1.32. The van der Waals surface area contributed by atoms with Crippen molar-refractivity contribution in [3.63, 3.8) is 0 Å². The normalized spacial score (nSPS) is 15.0. The molecule has 1 fully saturated rings. The van der Waals surface area contributed by atoms with Crippen LogP contribution in [0.25, 0.3) is 21.3 Å². The minimum atomic E-state index is -0.184. The molecule has 0 bridgehead atoms. The zero-order valence-electron chi connectivity index (χ0n) is 16.7. The molecule has 0 saturated carbocycles. The van der Waals surface area contributed by atoms with Gasteiger partial charge in [0.15, 0.2) is 5.82 Å². The monoisotopic (exact) mass is 455 g/mol. The molecule has 5 rings (SSSR count). The third kappa shape index (κ3) is 4.08. The first-order valence-corrected chi connectivity index (χ1v) is 11.4. The van der Waals surface area contributed by atoms with Gasteiger partial charge in [0.2, 0.25) is 0 Å². The maximum atomic E-state index is 14.1. The van der Waals surface area contributed by atoms with Crippen molar-refractivity contribution in [2.75, 3.05) is 31.1 Å². The predicted molar refractivity (Wildman–Crippen MR) is 124 cm³/mol. The molecular weight excluding hydrogens is 435 g/mol. The average Bonchev–Trinajstić information content (AvgIpc) is 3.20. The topological polar surface area (TPSA) is 53.4 Å². The fraction of sp³-hybridized carbons (Fsp3) is 0.217. The molecule has 0 amide bonds. The molecule has 0 spiro atoms. The number of para-hydroxylation sites is 1. The molecule has 2 N–H and O–H groups in total. The average molecular weight is 456 g/mol. The maximum absolute atomic E-state index is 14.1. The highest BCUT2D eigenvalue weighted by Crippen LogP contribution is 2.31. The number of H-pyrrole nitrogens is 1. The Labute approximate surface area is 187 Å². The third-order valence-electron chi connectivity index (χ3n) is 5.73. The van der Waals surface area contributed by atoms with E-state index in [4.69, 9.17) is 16.6 Å². The number of hydrogen-bond acceptors (Lipinski definition) is 4. The number of thiophene rings is 1. The van der Waals surface area contributed by atoms with Crippen LogP contribution >= 0.6 is 22.9 Å². The van der Waals surface area contributed by atoms with E-state index in [1.807, 2.05) is 41.8 Å². The number of aromatic amines is 1. The van der Waals surface area contributed by atoms with Crippen LogP contribution in [0.3, 0.4) is 0 Å². The molecular formula is C23H21ClFN4OS+. The van der Waals surface area contributed by atoms with Gasteiger partial charge in [-0.2, -0.15) is 0 Å². The lowest BCUT2D eigenvalue weighted by Gasteiger charge is -2.33. The number of benzene rings is 2. The van der Waals surface area contributed by atoms with E-state index in [1.165, 1.54) is 22.3 Å². The number of hydrogen-bond donors (Lipinski definition) is 2. The van der Waals surface area contributed by atoms with Crippen molar-refractivity contribution < 1.29 is 9.29 Å². The number of aromatic nitrogens is 2. The molecule has 0 unspecified atom stereocenters. The second-order valence-electron chi connectivity index (χ2n) is 7.71. The second kappa shape index (κ2) is 8.42. The van der Waals surface area contributed by atoms with Crippen LogP contribution in [0.15, 0.2) is 58.7 Å². The molecule has 1 aliphatic rings. The van der Waals surface area contributed by atoms with Gasteiger partial charge in [-0.1, -0.05) is 35.9 Å². The highest BCUT2D eigenvalue weighted by Gasteiger charge is 2.23. The van der Waals surface area contributed by atoms with E-state index in [0.717, 1.165) is 42.1 Å². The van der Waals surface area contributed by atoms with Gasteiger partial charge < -0.3 is 14.8 Å². The van der Waals surface area contributed by atoms with Crippen LogP contribution in [0.1, 0.15) is 5.82 Å². The Morgan fingerprint density at radius 3 is 2.61 bits per heavy atom. The maximum Gasteiger partial charge on any atom is 0.260 e. The summed E-state index contributed by atoms with van der Waals surface area (Å²) in [4.78, 5) is 24.7. The Morgan fingerprint density at radius 1 is 1.13 bits per heavy atom. The first-order valence-electron chi connectivity index (χ1n) is 10.2. The van der Waals surface area contributed by atoms with E-state index in [0.29, 0.717) is 28.5 Å². The van der Waals surface area contributed by atoms with Crippen molar-refractivity contribution in [1.29, 1.82) is 0 Å². The molecule has 5 nitrogen and oxygen atoms in total. The highest BCUT2D eigenvalue weighted by atomic mass is 35.5. The number of fused-ring (bicyclic) bond motifs is 1. The third-order valence-corrected chi connectivity index (χ3v) is 6.85. The van der Waals surface area contributed by atoms with Crippen LogP contribution in [0.4, 0.5) is 10.1 Å². The molecule has 2 aromatic carbocycles. The molecule has 0 aliphatic carbocycles. The quantitative estimate of drug-likeness (QED) is 0.496. The van der Waals surface area contributed by atoms with E-state index in [2.05, 4.69) is 9.88 Å². The van der Waals surface area contributed by atoms with Gasteiger partial charge in [0.25, 0.3) is 5.56 Å². The highest BCUT2D eigenvalue weighted by molar-refractivity contribution is 7.17. The van der Waals surface area contributed by atoms with Gasteiger partial charge in [0, 0.05) is 16.0 Å². The summed E-state index contributed by atoms with van der Waals surface area (Å²) in [5.41, 5.74) is 2.37. The molecule has 1 saturated heterocycles. The Morgan fingerprint density at radius 2 is 1.87 bits per heavy atom. The van der Waals surface area contributed by atoms with Crippen molar-refractivity contribution >= 4 is 38.8 Å². The van der Waals surface area contributed by atoms with Gasteiger partial charge in [-0.3, -0.25) is 4.79 Å². The molecule has 3 heterocycles. The van der Waals surface area contributed by atoms with Crippen molar-refractivity contribution in [2.45, 2.75) is 6.54 Å².